The van der Waals surface area contributed by atoms with Gasteiger partial charge in [-0.25, -0.2) is 0 Å². The minimum absolute atomic E-state index is 0.0619. The van der Waals surface area contributed by atoms with E-state index >= 15 is 0 Å². The SMILES string of the molecule is CCC(Sc1cccc(NC(=O)/C(=C\c2ccc(N(C)C)cc2)NC(=O)c2ccccc2)c1)C(=O)Nc1ccc([N+](=O)[O-])cc1. The van der Waals surface area contributed by atoms with Gasteiger partial charge in [0.1, 0.15) is 5.70 Å². The lowest BCUT2D eigenvalue weighted by molar-refractivity contribution is -0.384. The zero-order valence-corrected chi connectivity index (χ0v) is 25.8. The lowest BCUT2D eigenvalue weighted by Gasteiger charge is -2.16. The van der Waals surface area contributed by atoms with Crippen LogP contribution >= 0.6 is 11.8 Å². The summed E-state index contributed by atoms with van der Waals surface area (Å²) in [6.07, 6.45) is 2.13. The van der Waals surface area contributed by atoms with Crippen molar-refractivity contribution in [3.05, 3.63) is 130 Å². The Hall–Kier alpha value is -5.42. The van der Waals surface area contributed by atoms with Gasteiger partial charge in [-0.1, -0.05) is 43.3 Å². The Labute approximate surface area is 265 Å². The van der Waals surface area contributed by atoms with Crippen molar-refractivity contribution in [1.29, 1.82) is 0 Å². The number of nitro groups is 1. The molecule has 4 aromatic rings. The topological polar surface area (TPSA) is 134 Å². The summed E-state index contributed by atoms with van der Waals surface area (Å²) >= 11 is 1.33. The smallest absolute Gasteiger partial charge is 0.272 e. The van der Waals surface area contributed by atoms with Crippen LogP contribution in [0.15, 0.2) is 114 Å². The van der Waals surface area contributed by atoms with Gasteiger partial charge in [0.15, 0.2) is 0 Å². The highest BCUT2D eigenvalue weighted by molar-refractivity contribution is 8.00. The lowest BCUT2D eigenvalue weighted by atomic mass is 10.1. The van der Waals surface area contributed by atoms with Gasteiger partial charge in [-0.3, -0.25) is 24.5 Å². The molecule has 0 aliphatic carbocycles. The normalized spacial score (nSPS) is 11.7. The summed E-state index contributed by atoms with van der Waals surface area (Å²) in [7, 11) is 3.87. The molecule has 11 heteroatoms. The van der Waals surface area contributed by atoms with Gasteiger partial charge in [-0.05, 0) is 72.7 Å². The Bertz CT molecular complexity index is 1690. The Balaban J connectivity index is 1.49. The number of carbonyl (C=O) groups is 3. The van der Waals surface area contributed by atoms with E-state index in [-0.39, 0.29) is 17.3 Å². The molecule has 0 aliphatic heterocycles. The first-order valence-corrected chi connectivity index (χ1v) is 15.0. The van der Waals surface area contributed by atoms with E-state index in [1.807, 2.05) is 56.3 Å². The van der Waals surface area contributed by atoms with Crippen LogP contribution in [0, 0.1) is 10.1 Å². The number of amides is 3. The maximum Gasteiger partial charge on any atom is 0.272 e. The molecule has 0 saturated carbocycles. The van der Waals surface area contributed by atoms with Crippen molar-refractivity contribution in [2.24, 2.45) is 0 Å². The second-order valence-corrected chi connectivity index (χ2v) is 11.4. The molecule has 0 bridgehead atoms. The molecule has 0 saturated heterocycles. The van der Waals surface area contributed by atoms with E-state index in [0.717, 1.165) is 16.1 Å². The van der Waals surface area contributed by atoms with Gasteiger partial charge < -0.3 is 20.9 Å². The predicted octanol–water partition coefficient (Wildman–Crippen LogP) is 6.58. The molecule has 1 unspecified atom stereocenters. The Kier molecular flexibility index (Phi) is 11.1. The van der Waals surface area contributed by atoms with E-state index in [4.69, 9.17) is 0 Å². The molecular formula is C34H33N5O5S. The first-order valence-electron chi connectivity index (χ1n) is 14.1. The third-order valence-electron chi connectivity index (χ3n) is 6.63. The van der Waals surface area contributed by atoms with Crippen LogP contribution in [0.4, 0.5) is 22.7 Å². The standard InChI is InChI=1S/C34H33N5O5S/c1-4-31(34(42)35-25-15-19-28(20-16-25)39(43)44)45-29-12-8-11-26(22-29)36-33(41)30(37-32(40)24-9-6-5-7-10-24)21-23-13-17-27(18-14-23)38(2)3/h5-22,31H,4H2,1-3H3,(H,35,42)(H,36,41)(H,37,40)/b30-21+. The Morgan fingerprint density at radius 3 is 2.18 bits per heavy atom. The number of carbonyl (C=O) groups excluding carboxylic acids is 3. The van der Waals surface area contributed by atoms with Crippen LogP contribution in [0.2, 0.25) is 0 Å². The molecule has 0 heterocycles. The summed E-state index contributed by atoms with van der Waals surface area (Å²) in [5.41, 5.74) is 3.08. The molecule has 0 aliphatic rings. The van der Waals surface area contributed by atoms with Gasteiger partial charge in [-0.2, -0.15) is 0 Å². The summed E-state index contributed by atoms with van der Waals surface area (Å²) < 4.78 is 0. The van der Waals surface area contributed by atoms with E-state index in [9.17, 15) is 24.5 Å². The summed E-state index contributed by atoms with van der Waals surface area (Å²) in [5.74, 6) is -1.18. The van der Waals surface area contributed by atoms with Gasteiger partial charge in [0.25, 0.3) is 17.5 Å². The summed E-state index contributed by atoms with van der Waals surface area (Å²) in [6.45, 7) is 1.89. The average Bonchev–Trinajstić information content (AvgIpc) is 3.04. The van der Waals surface area contributed by atoms with Crippen LogP contribution in [0.1, 0.15) is 29.3 Å². The molecule has 4 rings (SSSR count). The number of nitro benzene ring substituents is 1. The molecular weight excluding hydrogens is 590 g/mol. The average molecular weight is 624 g/mol. The maximum atomic E-state index is 13.5. The second-order valence-electron chi connectivity index (χ2n) is 10.2. The van der Waals surface area contributed by atoms with Crippen molar-refractivity contribution in [2.45, 2.75) is 23.5 Å². The highest BCUT2D eigenvalue weighted by Crippen LogP contribution is 2.29. The molecule has 0 radical (unpaired) electrons. The van der Waals surface area contributed by atoms with Crippen LogP contribution in [0.5, 0.6) is 0 Å². The third kappa shape index (κ3) is 9.28. The molecule has 0 fully saturated rings. The lowest BCUT2D eigenvalue weighted by Crippen LogP contribution is -2.30. The number of rotatable bonds is 12. The molecule has 45 heavy (non-hydrogen) atoms. The quantitative estimate of drug-likeness (QED) is 0.0703. The van der Waals surface area contributed by atoms with Crippen LogP contribution in [0.3, 0.4) is 0 Å². The first kappa shape index (κ1) is 32.5. The number of non-ortho nitro benzene ring substituents is 1. The van der Waals surface area contributed by atoms with Gasteiger partial charge in [0.2, 0.25) is 5.91 Å². The zero-order valence-electron chi connectivity index (χ0n) is 25.0. The molecule has 0 aromatic heterocycles. The molecule has 1 atom stereocenters. The molecule has 4 aromatic carbocycles. The van der Waals surface area contributed by atoms with Crippen molar-refractivity contribution in [3.8, 4) is 0 Å². The number of nitrogens with one attached hydrogen (secondary N) is 3. The van der Waals surface area contributed by atoms with Gasteiger partial charge >= 0.3 is 0 Å². The Morgan fingerprint density at radius 2 is 1.56 bits per heavy atom. The van der Waals surface area contributed by atoms with Crippen molar-refractivity contribution >= 4 is 58.3 Å². The first-order chi connectivity index (χ1) is 21.6. The predicted molar refractivity (Wildman–Crippen MR) is 179 cm³/mol. The van der Waals surface area contributed by atoms with Crippen LogP contribution in [0.25, 0.3) is 6.08 Å². The summed E-state index contributed by atoms with van der Waals surface area (Å²) in [4.78, 5) is 52.6. The minimum Gasteiger partial charge on any atom is -0.378 e. The van der Waals surface area contributed by atoms with E-state index in [1.165, 1.54) is 36.0 Å². The van der Waals surface area contributed by atoms with E-state index < -0.39 is 22.0 Å². The molecule has 230 valence electrons. The van der Waals surface area contributed by atoms with Crippen molar-refractivity contribution in [2.75, 3.05) is 29.6 Å². The highest BCUT2D eigenvalue weighted by atomic mass is 32.2. The van der Waals surface area contributed by atoms with E-state index in [0.29, 0.717) is 23.4 Å². The zero-order chi connectivity index (χ0) is 32.3. The highest BCUT2D eigenvalue weighted by Gasteiger charge is 2.20. The fraction of sp³-hybridized carbons (Fsp3) is 0.147. The fourth-order valence-corrected chi connectivity index (χ4v) is 5.21. The number of hydrogen-bond acceptors (Lipinski definition) is 7. The van der Waals surface area contributed by atoms with Crippen LogP contribution in [-0.2, 0) is 9.59 Å². The number of benzene rings is 4. The number of anilines is 3. The maximum absolute atomic E-state index is 13.5. The number of nitrogens with zero attached hydrogens (tertiary/aromatic N) is 2. The summed E-state index contributed by atoms with van der Waals surface area (Å²) in [5, 5.41) is 18.9. The Morgan fingerprint density at radius 1 is 0.867 bits per heavy atom. The monoisotopic (exact) mass is 623 g/mol. The number of thioether (sulfide) groups is 1. The van der Waals surface area contributed by atoms with E-state index in [1.54, 1.807) is 54.6 Å². The molecule has 3 amide bonds. The van der Waals surface area contributed by atoms with E-state index in [2.05, 4.69) is 16.0 Å². The minimum atomic E-state index is -0.513. The largest absolute Gasteiger partial charge is 0.378 e. The van der Waals surface area contributed by atoms with Crippen molar-refractivity contribution in [3.63, 3.8) is 0 Å². The second kappa shape index (κ2) is 15.3. The molecule has 0 spiro atoms. The van der Waals surface area contributed by atoms with Gasteiger partial charge in [0, 0.05) is 53.7 Å². The third-order valence-corrected chi connectivity index (χ3v) is 7.99. The number of hydrogen-bond donors (Lipinski definition) is 3. The molecule has 3 N–H and O–H groups in total. The van der Waals surface area contributed by atoms with Crippen LogP contribution in [-0.4, -0.2) is 42.0 Å². The van der Waals surface area contributed by atoms with Gasteiger partial charge in [-0.15, -0.1) is 11.8 Å². The van der Waals surface area contributed by atoms with Crippen LogP contribution < -0.4 is 20.9 Å². The van der Waals surface area contributed by atoms with Gasteiger partial charge in [0.05, 0.1) is 10.2 Å². The van der Waals surface area contributed by atoms with Crippen molar-refractivity contribution in [1.82, 2.24) is 5.32 Å². The summed E-state index contributed by atoms with van der Waals surface area (Å²) in [6, 6.07) is 28.9. The van der Waals surface area contributed by atoms with Crippen molar-refractivity contribution < 1.29 is 19.3 Å². The molecule has 10 nitrogen and oxygen atoms in total. The fourth-order valence-electron chi connectivity index (χ4n) is 4.20.